The molecule has 36 heavy (non-hydrogen) atoms. The van der Waals surface area contributed by atoms with Gasteiger partial charge in [-0.05, 0) is 60.9 Å². The lowest BCUT2D eigenvalue weighted by molar-refractivity contribution is -0.0571. The largest absolute Gasteiger partial charge is 0.390 e. The Kier molecular flexibility index (Phi) is 8.91. The van der Waals surface area contributed by atoms with Gasteiger partial charge in [0.05, 0.1) is 11.7 Å². The van der Waals surface area contributed by atoms with E-state index in [4.69, 9.17) is 22.1 Å². The summed E-state index contributed by atoms with van der Waals surface area (Å²) in [5.74, 6) is -0.140. The van der Waals surface area contributed by atoms with Crippen molar-refractivity contribution in [3.8, 4) is 11.1 Å². The molecule has 2 aliphatic rings. The van der Waals surface area contributed by atoms with Gasteiger partial charge in [0.2, 0.25) is 0 Å². The summed E-state index contributed by atoms with van der Waals surface area (Å²) in [5, 5.41) is 23.2. The van der Waals surface area contributed by atoms with Crippen LogP contribution in [0.3, 0.4) is 0 Å². The highest BCUT2D eigenvalue weighted by Gasteiger charge is 2.43. The number of methoxy groups -OCH3 is 1. The third-order valence-electron chi connectivity index (χ3n) is 7.66. The van der Waals surface area contributed by atoms with Crippen molar-refractivity contribution in [2.24, 2.45) is 11.7 Å². The number of amides is 2. The Labute approximate surface area is 218 Å². The second kappa shape index (κ2) is 11.9. The third kappa shape index (κ3) is 5.87. The number of likely N-dealkylation sites (tertiary alicyclic amines) is 2. The number of unbranched alkanes of at least 4 members (excludes halogenated alkanes) is 1. The summed E-state index contributed by atoms with van der Waals surface area (Å²) in [5.41, 5.74) is 7.59. The standard InChI is InChI=1S/C28H38ClN3O4/c1-36-15-5-4-13-28(35,24-12-3-2-11-23(24)20-8-6-10-22(29)16-20)21-9-7-14-31(17-21)27(34)32-18-25(30)26(33)19-32/h2-3,6,8,10-12,16,21,25-26,33,35H,4-5,7,9,13-15,17-19,30H2,1H3/t21?,25-,26+,28+/m1/s1. The molecule has 4 rings (SSSR count). The molecule has 0 aliphatic carbocycles. The quantitative estimate of drug-likeness (QED) is 0.464. The average Bonchev–Trinajstić information content (AvgIpc) is 3.24. The average molecular weight is 516 g/mol. The maximum absolute atomic E-state index is 13.3. The van der Waals surface area contributed by atoms with Crippen molar-refractivity contribution in [1.82, 2.24) is 9.80 Å². The maximum atomic E-state index is 13.3. The van der Waals surface area contributed by atoms with Gasteiger partial charge in [0.15, 0.2) is 0 Å². The van der Waals surface area contributed by atoms with Crippen LogP contribution in [0.5, 0.6) is 0 Å². The molecule has 2 heterocycles. The topological polar surface area (TPSA) is 99.3 Å². The zero-order valence-electron chi connectivity index (χ0n) is 21.0. The van der Waals surface area contributed by atoms with Crippen molar-refractivity contribution in [2.75, 3.05) is 39.9 Å². The molecule has 0 saturated carbocycles. The molecule has 2 fully saturated rings. The van der Waals surface area contributed by atoms with Crippen LogP contribution in [0.25, 0.3) is 11.1 Å². The second-order valence-electron chi connectivity index (χ2n) is 10.1. The van der Waals surface area contributed by atoms with Crippen molar-refractivity contribution >= 4 is 17.6 Å². The van der Waals surface area contributed by atoms with Crippen molar-refractivity contribution in [2.45, 2.75) is 49.9 Å². The normalized spacial score (nSPS) is 24.1. The minimum absolute atomic E-state index is 0.114. The monoisotopic (exact) mass is 515 g/mol. The van der Waals surface area contributed by atoms with Crippen molar-refractivity contribution in [3.63, 3.8) is 0 Å². The second-order valence-corrected chi connectivity index (χ2v) is 10.6. The number of piperidine rings is 1. The van der Waals surface area contributed by atoms with Gasteiger partial charge < -0.3 is 30.5 Å². The molecule has 4 atom stereocenters. The minimum atomic E-state index is -1.13. The number of benzene rings is 2. The van der Waals surface area contributed by atoms with Crippen LogP contribution in [-0.2, 0) is 10.3 Å². The van der Waals surface area contributed by atoms with Crippen LogP contribution in [0.1, 0.15) is 37.7 Å². The Hall–Kier alpha value is -2.16. The summed E-state index contributed by atoms with van der Waals surface area (Å²) < 4.78 is 5.25. The Morgan fingerprint density at radius 1 is 1.14 bits per heavy atom. The number of urea groups is 1. The Morgan fingerprint density at radius 3 is 2.67 bits per heavy atom. The van der Waals surface area contributed by atoms with Crippen LogP contribution in [0, 0.1) is 5.92 Å². The first-order valence-electron chi connectivity index (χ1n) is 12.9. The van der Waals surface area contributed by atoms with Gasteiger partial charge in [0, 0.05) is 56.9 Å². The van der Waals surface area contributed by atoms with E-state index in [0.29, 0.717) is 37.7 Å². The highest BCUT2D eigenvalue weighted by molar-refractivity contribution is 6.30. The Balaban J connectivity index is 1.64. The van der Waals surface area contributed by atoms with Crippen molar-refractivity contribution in [3.05, 3.63) is 59.1 Å². The SMILES string of the molecule is COCCCC[C@@](O)(c1ccccc1-c1cccc(Cl)c1)C1CCCN(C(=O)N2C[C@@H](N)[C@@H](O)C2)C1. The summed E-state index contributed by atoms with van der Waals surface area (Å²) >= 11 is 6.31. The maximum Gasteiger partial charge on any atom is 0.320 e. The molecule has 2 saturated heterocycles. The molecule has 2 aliphatic heterocycles. The van der Waals surface area contributed by atoms with Crippen LogP contribution < -0.4 is 5.73 Å². The van der Waals surface area contributed by atoms with Crippen LogP contribution in [0.15, 0.2) is 48.5 Å². The Bertz CT molecular complexity index is 1030. The molecule has 4 N–H and O–H groups in total. The van der Waals surface area contributed by atoms with E-state index < -0.39 is 17.7 Å². The Morgan fingerprint density at radius 2 is 1.94 bits per heavy atom. The van der Waals surface area contributed by atoms with Gasteiger partial charge in [-0.15, -0.1) is 0 Å². The number of aliphatic hydroxyl groups is 2. The van der Waals surface area contributed by atoms with Gasteiger partial charge >= 0.3 is 6.03 Å². The number of carbonyl (C=O) groups excluding carboxylic acids is 1. The molecule has 2 aromatic carbocycles. The first kappa shape index (κ1) is 26.9. The number of hydrogen-bond donors (Lipinski definition) is 3. The lowest BCUT2D eigenvalue weighted by atomic mass is 9.72. The lowest BCUT2D eigenvalue weighted by Gasteiger charge is -2.44. The minimum Gasteiger partial charge on any atom is -0.390 e. The number of β-amino-alcohol motifs (C(OH)–C–C–N with tert-alkyl or cyclic N) is 1. The third-order valence-corrected chi connectivity index (χ3v) is 7.89. The van der Waals surface area contributed by atoms with E-state index in [9.17, 15) is 15.0 Å². The summed E-state index contributed by atoms with van der Waals surface area (Å²) in [4.78, 5) is 16.8. The van der Waals surface area contributed by atoms with Gasteiger partial charge in [0.25, 0.3) is 0 Å². The number of hydrogen-bond acceptors (Lipinski definition) is 5. The van der Waals surface area contributed by atoms with Gasteiger partial charge in [-0.25, -0.2) is 4.79 Å². The molecular formula is C28H38ClN3O4. The molecule has 2 aromatic rings. The van der Waals surface area contributed by atoms with Gasteiger partial charge in [-0.2, -0.15) is 0 Å². The summed E-state index contributed by atoms with van der Waals surface area (Å²) in [6.45, 7) is 2.32. The number of rotatable bonds is 8. The van der Waals surface area contributed by atoms with Gasteiger partial charge in [-0.3, -0.25) is 0 Å². The molecule has 0 radical (unpaired) electrons. The molecule has 1 unspecified atom stereocenters. The van der Waals surface area contributed by atoms with E-state index >= 15 is 0 Å². The summed E-state index contributed by atoms with van der Waals surface area (Å²) in [6, 6.07) is 15.1. The first-order valence-corrected chi connectivity index (χ1v) is 13.3. The zero-order chi connectivity index (χ0) is 25.7. The van der Waals surface area contributed by atoms with E-state index in [-0.39, 0.29) is 18.5 Å². The van der Waals surface area contributed by atoms with E-state index in [2.05, 4.69) is 0 Å². The van der Waals surface area contributed by atoms with E-state index in [1.54, 1.807) is 12.0 Å². The number of carbonyl (C=O) groups is 1. The molecule has 8 heteroatoms. The predicted molar refractivity (Wildman–Crippen MR) is 142 cm³/mol. The molecule has 2 amide bonds. The fraction of sp³-hybridized carbons (Fsp3) is 0.536. The van der Waals surface area contributed by atoms with Gasteiger partial charge in [-0.1, -0.05) is 48.0 Å². The molecule has 0 aromatic heterocycles. The highest BCUT2D eigenvalue weighted by atomic mass is 35.5. The van der Waals surface area contributed by atoms with Crippen molar-refractivity contribution < 1.29 is 19.7 Å². The first-order chi connectivity index (χ1) is 17.3. The van der Waals surface area contributed by atoms with Crippen molar-refractivity contribution in [1.29, 1.82) is 0 Å². The fourth-order valence-corrected chi connectivity index (χ4v) is 5.87. The van der Waals surface area contributed by atoms with Gasteiger partial charge in [0.1, 0.15) is 0 Å². The smallest absolute Gasteiger partial charge is 0.320 e. The number of halogens is 1. The van der Waals surface area contributed by atoms with E-state index in [1.165, 1.54) is 0 Å². The van der Waals surface area contributed by atoms with Crippen LogP contribution in [0.2, 0.25) is 5.02 Å². The summed E-state index contributed by atoms with van der Waals surface area (Å²) in [6.07, 6.45) is 3.13. The molecule has 0 spiro atoms. The number of aliphatic hydroxyl groups excluding tert-OH is 1. The number of nitrogens with zero attached hydrogens (tertiary/aromatic N) is 2. The molecule has 7 nitrogen and oxygen atoms in total. The van der Waals surface area contributed by atoms with Crippen LogP contribution in [-0.4, -0.2) is 78.1 Å². The number of ether oxygens (including phenoxy) is 1. The van der Waals surface area contributed by atoms with Crippen LogP contribution >= 0.6 is 11.6 Å². The summed E-state index contributed by atoms with van der Waals surface area (Å²) in [7, 11) is 1.69. The zero-order valence-corrected chi connectivity index (χ0v) is 21.7. The molecule has 196 valence electrons. The lowest BCUT2D eigenvalue weighted by Crippen LogP contribution is -2.52. The van der Waals surface area contributed by atoms with Crippen LogP contribution in [0.4, 0.5) is 4.79 Å². The van der Waals surface area contributed by atoms with E-state index in [1.807, 2.05) is 53.4 Å². The predicted octanol–water partition coefficient (Wildman–Crippen LogP) is 3.85. The highest BCUT2D eigenvalue weighted by Crippen LogP contribution is 2.44. The van der Waals surface area contributed by atoms with E-state index in [0.717, 1.165) is 42.4 Å². The molecule has 0 bridgehead atoms. The fourth-order valence-electron chi connectivity index (χ4n) is 5.68. The number of nitrogens with two attached hydrogens (primary N) is 1. The molecular weight excluding hydrogens is 478 g/mol.